The number of sulfonamides is 1. The van der Waals surface area contributed by atoms with Gasteiger partial charge in [0.05, 0.1) is 17.5 Å². The number of fused-ring (bicyclic) bond motifs is 2. The van der Waals surface area contributed by atoms with Crippen LogP contribution in [0.4, 0.5) is 4.79 Å². The third-order valence-electron chi connectivity index (χ3n) is 10.2. The van der Waals surface area contributed by atoms with Crippen molar-refractivity contribution in [2.24, 2.45) is 11.1 Å². The molecule has 0 bridgehead atoms. The van der Waals surface area contributed by atoms with Gasteiger partial charge < -0.3 is 25.1 Å². The molecule has 5 aliphatic rings. The maximum absolute atomic E-state index is 14.3. The molecule has 2 heterocycles. The molecule has 6 rings (SSSR count). The van der Waals surface area contributed by atoms with Gasteiger partial charge in [0.2, 0.25) is 21.8 Å². The number of oxime groups is 1. The lowest BCUT2D eigenvalue weighted by Gasteiger charge is -2.30. The molecule has 0 spiro atoms. The number of ether oxygens (including phenoxy) is 1. The van der Waals surface area contributed by atoms with E-state index in [4.69, 9.17) is 9.57 Å². The molecular weight excluding hydrogens is 650 g/mol. The Kier molecular flexibility index (Phi) is 10.6. The number of rotatable bonds is 8. The van der Waals surface area contributed by atoms with E-state index in [2.05, 4.69) is 20.5 Å². The lowest BCUT2D eigenvalue weighted by molar-refractivity contribution is -0.141. The van der Waals surface area contributed by atoms with Crippen molar-refractivity contribution >= 4 is 39.5 Å². The van der Waals surface area contributed by atoms with Gasteiger partial charge in [-0.3, -0.25) is 19.1 Å². The summed E-state index contributed by atoms with van der Waals surface area (Å²) in [6.07, 6.45) is 10.5. The summed E-state index contributed by atoms with van der Waals surface area (Å²) >= 11 is 0. The van der Waals surface area contributed by atoms with Crippen molar-refractivity contribution in [3.8, 4) is 0 Å². The third kappa shape index (κ3) is 8.45. The monoisotopic (exact) mass is 697 g/mol. The zero-order valence-corrected chi connectivity index (χ0v) is 28.8. The van der Waals surface area contributed by atoms with Crippen LogP contribution in [-0.4, -0.2) is 84.5 Å². The van der Waals surface area contributed by atoms with Gasteiger partial charge in [0.1, 0.15) is 29.8 Å². The molecule has 1 saturated heterocycles. The zero-order chi connectivity index (χ0) is 34.6. The Hall–Kier alpha value is -3.94. The minimum absolute atomic E-state index is 0.0247. The molecule has 266 valence electrons. The predicted octanol–water partition coefficient (Wildman–Crippen LogP) is 3.44. The molecule has 13 nitrogen and oxygen atoms in total. The number of amides is 4. The van der Waals surface area contributed by atoms with Crippen LogP contribution in [0.3, 0.4) is 0 Å². The number of alkyl carbamates (subject to hydrolysis) is 1. The molecule has 49 heavy (non-hydrogen) atoms. The second-order valence-corrected chi connectivity index (χ2v) is 16.0. The number of nitrogens with zero attached hydrogens (tertiary/aromatic N) is 2. The highest BCUT2D eigenvalue weighted by Crippen LogP contribution is 2.46. The standard InChI is InChI=1S/C35H47N5O8S/c1-23(24-12-6-5-7-13-24)38-48-27-20-30-31(41)37-35(33(43)39-49(45,46)28-18-19-28)21-25(35)14-8-3-2-4-9-17-29(32(42)40(30)22-27)36-34(44)47-26-15-10-11-16-26/h5-8,12-14,25-30H,2-4,9-11,15-22H2,1H3,(H,36,44)(H,37,41)(H,39,43)/b14-8-,38-23+/t25-,27-,29+,30+,35+/m1/s1. The van der Waals surface area contributed by atoms with Crippen LogP contribution in [0.15, 0.2) is 47.6 Å². The average molecular weight is 698 g/mol. The van der Waals surface area contributed by atoms with E-state index in [9.17, 15) is 27.6 Å². The summed E-state index contributed by atoms with van der Waals surface area (Å²) in [5.74, 6) is -2.21. The largest absolute Gasteiger partial charge is 0.446 e. The van der Waals surface area contributed by atoms with Gasteiger partial charge in [0, 0.05) is 12.3 Å². The van der Waals surface area contributed by atoms with Crippen LogP contribution in [0.2, 0.25) is 0 Å². The number of benzene rings is 1. The summed E-state index contributed by atoms with van der Waals surface area (Å²) in [6.45, 7) is 1.83. The SMILES string of the molecule is C/C(=N\O[C@@H]1C[C@H]2C(=O)N[C@@]3(C(=O)NS(=O)(=O)C4CC4)C[C@H]3/C=C\CCCCC[C@H](NC(=O)OC3CCCC3)C(=O)N2C1)c1ccccc1. The molecular formula is C35H47N5O8S. The highest BCUT2D eigenvalue weighted by atomic mass is 32.2. The van der Waals surface area contributed by atoms with Crippen LogP contribution < -0.4 is 15.4 Å². The number of hydrogen-bond donors (Lipinski definition) is 3. The molecule has 4 amide bonds. The fourth-order valence-electron chi connectivity index (χ4n) is 7.06. The quantitative estimate of drug-likeness (QED) is 0.211. The fraction of sp³-hybridized carbons (Fsp3) is 0.629. The van der Waals surface area contributed by atoms with Crippen LogP contribution >= 0.6 is 0 Å². The van der Waals surface area contributed by atoms with E-state index in [1.54, 1.807) is 6.92 Å². The Balaban J connectivity index is 1.25. The van der Waals surface area contributed by atoms with Crippen LogP contribution in [0, 0.1) is 5.92 Å². The normalized spacial score (nSPS) is 30.6. The summed E-state index contributed by atoms with van der Waals surface area (Å²) in [4.78, 5) is 62.3. The molecule has 1 aromatic carbocycles. The molecule has 0 radical (unpaired) electrons. The molecule has 3 saturated carbocycles. The summed E-state index contributed by atoms with van der Waals surface area (Å²) in [6, 6.07) is 7.47. The lowest BCUT2D eigenvalue weighted by atomic mass is 10.0. The van der Waals surface area contributed by atoms with Crippen molar-refractivity contribution in [3.05, 3.63) is 48.0 Å². The van der Waals surface area contributed by atoms with Crippen molar-refractivity contribution in [1.82, 2.24) is 20.3 Å². The molecule has 14 heteroatoms. The van der Waals surface area contributed by atoms with Crippen LogP contribution in [0.5, 0.6) is 0 Å². The Morgan fingerprint density at radius 2 is 1.71 bits per heavy atom. The number of hydrogen-bond acceptors (Lipinski definition) is 9. The number of carbonyl (C=O) groups excluding carboxylic acids is 4. The van der Waals surface area contributed by atoms with Gasteiger partial charge in [-0.25, -0.2) is 13.2 Å². The Labute approximate surface area is 287 Å². The lowest BCUT2D eigenvalue weighted by Crippen LogP contribution is -2.58. The fourth-order valence-corrected chi connectivity index (χ4v) is 8.42. The second kappa shape index (κ2) is 14.9. The van der Waals surface area contributed by atoms with Crippen molar-refractivity contribution in [3.63, 3.8) is 0 Å². The van der Waals surface area contributed by atoms with Crippen LogP contribution in [0.1, 0.15) is 96.0 Å². The van der Waals surface area contributed by atoms with Gasteiger partial charge in [-0.1, -0.05) is 60.5 Å². The first-order chi connectivity index (χ1) is 23.6. The van der Waals surface area contributed by atoms with Crippen molar-refractivity contribution in [1.29, 1.82) is 0 Å². The summed E-state index contributed by atoms with van der Waals surface area (Å²) in [5, 5.41) is 9.35. The highest BCUT2D eigenvalue weighted by molar-refractivity contribution is 7.91. The predicted molar refractivity (Wildman–Crippen MR) is 181 cm³/mol. The zero-order valence-electron chi connectivity index (χ0n) is 28.0. The molecule has 0 unspecified atom stereocenters. The maximum atomic E-state index is 14.3. The highest BCUT2D eigenvalue weighted by Gasteiger charge is 2.62. The van der Waals surface area contributed by atoms with E-state index in [1.165, 1.54) is 4.90 Å². The summed E-state index contributed by atoms with van der Waals surface area (Å²) in [7, 11) is -3.86. The van der Waals surface area contributed by atoms with Crippen LogP contribution in [-0.2, 0) is 34.0 Å². The topological polar surface area (TPSA) is 173 Å². The maximum Gasteiger partial charge on any atom is 0.408 e. The Morgan fingerprint density at radius 1 is 0.980 bits per heavy atom. The first kappa shape index (κ1) is 34.9. The van der Waals surface area contributed by atoms with Crippen molar-refractivity contribution < 1.29 is 37.2 Å². The number of carbonyl (C=O) groups is 4. The van der Waals surface area contributed by atoms with Crippen LogP contribution in [0.25, 0.3) is 0 Å². The van der Waals surface area contributed by atoms with Gasteiger partial charge in [-0.05, 0) is 76.7 Å². The smallest absolute Gasteiger partial charge is 0.408 e. The molecule has 2 aliphatic heterocycles. The minimum atomic E-state index is -3.86. The third-order valence-corrected chi connectivity index (χ3v) is 12.1. The molecule has 3 aliphatic carbocycles. The Morgan fingerprint density at radius 3 is 2.45 bits per heavy atom. The minimum Gasteiger partial charge on any atom is -0.446 e. The Bertz CT molecular complexity index is 1570. The molecule has 1 aromatic rings. The van der Waals surface area contributed by atoms with E-state index in [1.807, 2.05) is 42.5 Å². The number of allylic oxidation sites excluding steroid dienone is 1. The summed E-state index contributed by atoms with van der Waals surface area (Å²) in [5.41, 5.74) is 0.0139. The van der Waals surface area contributed by atoms with Gasteiger partial charge in [0.25, 0.3) is 5.91 Å². The van der Waals surface area contributed by atoms with E-state index >= 15 is 0 Å². The van der Waals surface area contributed by atoms with Gasteiger partial charge >= 0.3 is 6.09 Å². The van der Waals surface area contributed by atoms with E-state index in [-0.39, 0.29) is 25.5 Å². The first-order valence-electron chi connectivity index (χ1n) is 17.6. The first-order valence-corrected chi connectivity index (χ1v) is 19.2. The van der Waals surface area contributed by atoms with Gasteiger partial charge in [-0.15, -0.1) is 0 Å². The summed E-state index contributed by atoms with van der Waals surface area (Å²) < 4.78 is 33.3. The molecule has 3 N–H and O–H groups in total. The van der Waals surface area contributed by atoms with Gasteiger partial charge in [-0.2, -0.15) is 0 Å². The van der Waals surface area contributed by atoms with Crippen molar-refractivity contribution in [2.45, 2.75) is 125 Å². The average Bonchev–Trinajstić information content (AvgIpc) is 3.95. The molecule has 4 fully saturated rings. The van der Waals surface area contributed by atoms with Crippen molar-refractivity contribution in [2.75, 3.05) is 6.54 Å². The van der Waals surface area contributed by atoms with E-state index in [0.29, 0.717) is 31.4 Å². The molecule has 5 atom stereocenters. The van der Waals surface area contributed by atoms with E-state index < -0.39 is 68.7 Å². The number of nitrogens with one attached hydrogen (secondary N) is 3. The van der Waals surface area contributed by atoms with E-state index in [0.717, 1.165) is 50.5 Å². The van der Waals surface area contributed by atoms with Gasteiger partial charge in [0.15, 0.2) is 0 Å². The molecule has 0 aromatic heterocycles. The second-order valence-electron chi connectivity index (χ2n) is 14.0.